The summed E-state index contributed by atoms with van der Waals surface area (Å²) in [5, 5.41) is 3.44. The molecule has 3 fully saturated rings. The van der Waals surface area contributed by atoms with Crippen LogP contribution in [0.2, 0.25) is 0 Å². The van der Waals surface area contributed by atoms with E-state index in [1.54, 1.807) is 0 Å². The molecular weight excluding hydrogens is 262 g/mol. The number of rotatable bonds is 4. The monoisotopic (exact) mass is 293 g/mol. The summed E-state index contributed by atoms with van der Waals surface area (Å²) in [5.41, 5.74) is 0. The molecule has 120 valence electrons. The summed E-state index contributed by atoms with van der Waals surface area (Å²) in [5.74, 6) is 1.13. The fraction of sp³-hybridized carbons (Fsp3) is 0.941. The quantitative estimate of drug-likeness (QED) is 0.859. The fourth-order valence-electron chi connectivity index (χ4n) is 4.24. The molecule has 4 nitrogen and oxygen atoms in total. The molecule has 1 amide bonds. The van der Waals surface area contributed by atoms with Gasteiger partial charge in [0.15, 0.2) is 0 Å². The van der Waals surface area contributed by atoms with Crippen molar-refractivity contribution in [2.45, 2.75) is 57.4 Å². The van der Waals surface area contributed by atoms with Gasteiger partial charge in [-0.25, -0.2) is 0 Å². The SMILES string of the molecule is O=C(CCC1CCCNC1)N1CCC(N2CCCC2)CC1. The van der Waals surface area contributed by atoms with E-state index in [2.05, 4.69) is 15.1 Å². The van der Waals surface area contributed by atoms with Crippen LogP contribution in [0.25, 0.3) is 0 Å². The van der Waals surface area contributed by atoms with E-state index in [4.69, 9.17) is 0 Å². The largest absolute Gasteiger partial charge is 0.343 e. The van der Waals surface area contributed by atoms with E-state index < -0.39 is 0 Å². The van der Waals surface area contributed by atoms with E-state index in [1.165, 1.54) is 51.6 Å². The van der Waals surface area contributed by atoms with Crippen molar-refractivity contribution in [3.8, 4) is 0 Å². The maximum absolute atomic E-state index is 12.4. The number of carbonyl (C=O) groups excluding carboxylic acids is 1. The van der Waals surface area contributed by atoms with E-state index in [0.29, 0.717) is 5.91 Å². The molecule has 3 rings (SSSR count). The maximum atomic E-state index is 12.4. The average molecular weight is 293 g/mol. The smallest absolute Gasteiger partial charge is 0.222 e. The van der Waals surface area contributed by atoms with Crippen molar-refractivity contribution in [3.05, 3.63) is 0 Å². The highest BCUT2D eigenvalue weighted by molar-refractivity contribution is 5.76. The highest BCUT2D eigenvalue weighted by Gasteiger charge is 2.28. The molecule has 0 aromatic rings. The van der Waals surface area contributed by atoms with E-state index >= 15 is 0 Å². The Kier molecular flexibility index (Phi) is 5.53. The van der Waals surface area contributed by atoms with Gasteiger partial charge in [0.2, 0.25) is 5.91 Å². The molecule has 0 aromatic carbocycles. The van der Waals surface area contributed by atoms with E-state index in [1.807, 2.05) is 0 Å². The Bertz CT molecular complexity index is 327. The van der Waals surface area contributed by atoms with Crippen molar-refractivity contribution in [1.82, 2.24) is 15.1 Å². The predicted molar refractivity (Wildman–Crippen MR) is 85.2 cm³/mol. The lowest BCUT2D eigenvalue weighted by molar-refractivity contribution is -0.133. The molecule has 0 radical (unpaired) electrons. The summed E-state index contributed by atoms with van der Waals surface area (Å²) < 4.78 is 0. The standard InChI is InChI=1S/C17H31N3O/c21-17(6-5-15-4-3-9-18-14-15)20-12-7-16(8-13-20)19-10-1-2-11-19/h15-16,18H,1-14H2. The lowest BCUT2D eigenvalue weighted by Gasteiger charge is -2.37. The second kappa shape index (κ2) is 7.59. The number of amides is 1. The molecule has 0 aliphatic carbocycles. The van der Waals surface area contributed by atoms with E-state index in [9.17, 15) is 4.79 Å². The van der Waals surface area contributed by atoms with Crippen LogP contribution in [0.5, 0.6) is 0 Å². The summed E-state index contributed by atoms with van der Waals surface area (Å²) in [7, 11) is 0. The Hall–Kier alpha value is -0.610. The van der Waals surface area contributed by atoms with E-state index in [-0.39, 0.29) is 0 Å². The predicted octanol–water partition coefficient (Wildman–Crippen LogP) is 1.85. The van der Waals surface area contributed by atoms with E-state index in [0.717, 1.165) is 51.0 Å². The lowest BCUT2D eigenvalue weighted by Crippen LogP contribution is -2.46. The lowest BCUT2D eigenvalue weighted by atomic mass is 9.94. The van der Waals surface area contributed by atoms with Gasteiger partial charge in [0, 0.05) is 25.6 Å². The van der Waals surface area contributed by atoms with Crippen LogP contribution in [0.3, 0.4) is 0 Å². The minimum atomic E-state index is 0.403. The van der Waals surface area contributed by atoms with Crippen LogP contribution in [-0.4, -0.2) is 61.0 Å². The summed E-state index contributed by atoms with van der Waals surface area (Å²) in [6.45, 7) is 6.82. The molecule has 21 heavy (non-hydrogen) atoms. The second-order valence-electron chi connectivity index (χ2n) is 7.11. The first-order valence-electron chi connectivity index (χ1n) is 9.05. The third kappa shape index (κ3) is 4.19. The molecule has 3 saturated heterocycles. The van der Waals surface area contributed by atoms with Crippen LogP contribution in [0.4, 0.5) is 0 Å². The second-order valence-corrected chi connectivity index (χ2v) is 7.11. The summed E-state index contributed by atoms with van der Waals surface area (Å²) >= 11 is 0. The van der Waals surface area contributed by atoms with Gasteiger partial charge >= 0.3 is 0 Å². The summed E-state index contributed by atoms with van der Waals surface area (Å²) in [6.07, 6.45) is 9.55. The maximum Gasteiger partial charge on any atom is 0.222 e. The molecule has 0 spiro atoms. The molecule has 3 heterocycles. The molecule has 4 heteroatoms. The van der Waals surface area contributed by atoms with Crippen molar-refractivity contribution in [2.75, 3.05) is 39.3 Å². The van der Waals surface area contributed by atoms with Gasteiger partial charge < -0.3 is 15.1 Å². The highest BCUT2D eigenvalue weighted by Crippen LogP contribution is 2.22. The number of nitrogens with zero attached hydrogens (tertiary/aromatic N) is 2. The Morgan fingerprint density at radius 3 is 2.43 bits per heavy atom. The van der Waals surface area contributed by atoms with Crippen LogP contribution < -0.4 is 5.32 Å². The number of hydrogen-bond donors (Lipinski definition) is 1. The Morgan fingerprint density at radius 1 is 1.00 bits per heavy atom. The zero-order valence-corrected chi connectivity index (χ0v) is 13.4. The minimum absolute atomic E-state index is 0.403. The van der Waals surface area contributed by atoms with Crippen LogP contribution in [0, 0.1) is 5.92 Å². The van der Waals surface area contributed by atoms with Gasteiger partial charge in [0.05, 0.1) is 0 Å². The van der Waals surface area contributed by atoms with Crippen molar-refractivity contribution in [1.29, 1.82) is 0 Å². The number of hydrogen-bond acceptors (Lipinski definition) is 3. The first kappa shape index (κ1) is 15.3. The fourth-order valence-corrected chi connectivity index (χ4v) is 4.24. The van der Waals surface area contributed by atoms with Gasteiger partial charge in [-0.3, -0.25) is 4.79 Å². The zero-order valence-electron chi connectivity index (χ0n) is 13.4. The van der Waals surface area contributed by atoms with Crippen LogP contribution in [0.15, 0.2) is 0 Å². The topological polar surface area (TPSA) is 35.6 Å². The van der Waals surface area contributed by atoms with Crippen molar-refractivity contribution < 1.29 is 4.79 Å². The number of likely N-dealkylation sites (tertiary alicyclic amines) is 2. The zero-order chi connectivity index (χ0) is 14.5. The molecule has 1 atom stereocenters. The van der Waals surface area contributed by atoms with Crippen molar-refractivity contribution in [2.24, 2.45) is 5.92 Å². The van der Waals surface area contributed by atoms with Gasteiger partial charge in [0.25, 0.3) is 0 Å². The number of piperidine rings is 2. The molecule has 0 saturated carbocycles. The minimum Gasteiger partial charge on any atom is -0.343 e. The van der Waals surface area contributed by atoms with Crippen molar-refractivity contribution >= 4 is 5.91 Å². The van der Waals surface area contributed by atoms with Crippen LogP contribution >= 0.6 is 0 Å². The highest BCUT2D eigenvalue weighted by atomic mass is 16.2. The van der Waals surface area contributed by atoms with Gasteiger partial charge in [-0.05, 0) is 77.0 Å². The number of nitrogens with one attached hydrogen (secondary N) is 1. The van der Waals surface area contributed by atoms with Gasteiger partial charge in [-0.2, -0.15) is 0 Å². The molecule has 0 bridgehead atoms. The van der Waals surface area contributed by atoms with Gasteiger partial charge in [0.1, 0.15) is 0 Å². The Balaban J connectivity index is 1.36. The summed E-state index contributed by atoms with van der Waals surface area (Å²) in [6, 6.07) is 0.749. The molecule has 1 N–H and O–H groups in total. The third-order valence-electron chi connectivity index (χ3n) is 5.64. The first-order chi connectivity index (χ1) is 10.3. The average Bonchev–Trinajstić information content (AvgIpc) is 3.08. The molecule has 1 unspecified atom stereocenters. The van der Waals surface area contributed by atoms with Crippen molar-refractivity contribution in [3.63, 3.8) is 0 Å². The number of carbonyl (C=O) groups is 1. The summed E-state index contributed by atoms with van der Waals surface area (Å²) in [4.78, 5) is 17.1. The Labute approximate surface area is 129 Å². The van der Waals surface area contributed by atoms with Gasteiger partial charge in [-0.15, -0.1) is 0 Å². The van der Waals surface area contributed by atoms with Gasteiger partial charge in [-0.1, -0.05) is 0 Å². The Morgan fingerprint density at radius 2 is 1.76 bits per heavy atom. The molecule has 3 aliphatic heterocycles. The molecule has 0 aromatic heterocycles. The first-order valence-corrected chi connectivity index (χ1v) is 9.05. The molecular formula is C17H31N3O. The normalized spacial score (nSPS) is 29.0. The third-order valence-corrected chi connectivity index (χ3v) is 5.64. The van der Waals surface area contributed by atoms with Crippen LogP contribution in [0.1, 0.15) is 51.4 Å². The van der Waals surface area contributed by atoms with Crippen LogP contribution in [-0.2, 0) is 4.79 Å². The molecule has 3 aliphatic rings.